The fourth-order valence-electron chi connectivity index (χ4n) is 4.73. The van der Waals surface area contributed by atoms with Gasteiger partial charge >= 0.3 is 5.97 Å². The van der Waals surface area contributed by atoms with Crippen LogP contribution in [0.15, 0.2) is 60.7 Å². The van der Waals surface area contributed by atoms with Crippen LogP contribution in [-0.4, -0.2) is 32.0 Å². The second-order valence-electron chi connectivity index (χ2n) is 11.3. The SMILES string of the molecule is CCCc1nc2ccc(NC(=O)C(C)CCC)nc2n1Cc1ccc(-c2ccccc2C(=O)OC(C)(C)C)cc1. The number of pyridine rings is 1. The molecule has 0 aliphatic rings. The van der Waals surface area contributed by atoms with Crippen molar-refractivity contribution in [3.05, 3.63) is 77.6 Å². The van der Waals surface area contributed by atoms with E-state index in [1.807, 2.05) is 70.2 Å². The number of fused-ring (bicyclic) bond motifs is 1. The number of amides is 1. The third-order valence-electron chi connectivity index (χ3n) is 6.72. The predicted molar refractivity (Wildman–Crippen MR) is 160 cm³/mol. The molecule has 4 rings (SSSR count). The molecule has 210 valence electrons. The fourth-order valence-corrected chi connectivity index (χ4v) is 4.73. The van der Waals surface area contributed by atoms with Crippen LogP contribution in [0.25, 0.3) is 22.3 Å². The van der Waals surface area contributed by atoms with E-state index in [0.717, 1.165) is 59.4 Å². The molecule has 40 heavy (non-hydrogen) atoms. The normalized spacial score (nSPS) is 12.3. The summed E-state index contributed by atoms with van der Waals surface area (Å²) >= 11 is 0. The minimum Gasteiger partial charge on any atom is -0.456 e. The number of aromatic nitrogens is 3. The molecular weight excluding hydrogens is 500 g/mol. The van der Waals surface area contributed by atoms with E-state index in [0.29, 0.717) is 17.9 Å². The molecule has 1 unspecified atom stereocenters. The molecule has 0 aliphatic carbocycles. The Labute approximate surface area is 237 Å². The van der Waals surface area contributed by atoms with Gasteiger partial charge in [0.2, 0.25) is 5.91 Å². The number of hydrogen-bond donors (Lipinski definition) is 1. The number of nitrogens with one attached hydrogen (secondary N) is 1. The van der Waals surface area contributed by atoms with Crippen molar-refractivity contribution in [3.8, 4) is 11.1 Å². The Morgan fingerprint density at radius 2 is 1.68 bits per heavy atom. The van der Waals surface area contributed by atoms with Crippen molar-refractivity contribution in [1.82, 2.24) is 14.5 Å². The fraction of sp³-hybridized carbons (Fsp3) is 0.394. The molecule has 1 atom stereocenters. The molecule has 0 aliphatic heterocycles. The predicted octanol–water partition coefficient (Wildman–Crippen LogP) is 7.43. The van der Waals surface area contributed by atoms with Gasteiger partial charge in [0, 0.05) is 12.3 Å². The van der Waals surface area contributed by atoms with Crippen LogP contribution >= 0.6 is 0 Å². The van der Waals surface area contributed by atoms with Crippen LogP contribution in [0.2, 0.25) is 0 Å². The van der Waals surface area contributed by atoms with Crippen LogP contribution in [0.5, 0.6) is 0 Å². The molecule has 0 radical (unpaired) electrons. The Balaban J connectivity index is 1.62. The molecule has 1 N–H and O–H groups in total. The molecule has 2 aromatic carbocycles. The van der Waals surface area contributed by atoms with Crippen LogP contribution < -0.4 is 5.32 Å². The number of rotatable bonds is 10. The van der Waals surface area contributed by atoms with E-state index in [-0.39, 0.29) is 17.8 Å². The van der Waals surface area contributed by atoms with Crippen LogP contribution in [0, 0.1) is 5.92 Å². The summed E-state index contributed by atoms with van der Waals surface area (Å²) in [6.45, 7) is 12.4. The number of carbonyl (C=O) groups is 2. The molecule has 0 saturated carbocycles. The van der Waals surface area contributed by atoms with Gasteiger partial charge in [-0.1, -0.05) is 69.7 Å². The number of anilines is 1. The van der Waals surface area contributed by atoms with E-state index in [9.17, 15) is 9.59 Å². The first kappa shape index (κ1) is 29.0. The highest BCUT2D eigenvalue weighted by atomic mass is 16.6. The van der Waals surface area contributed by atoms with Gasteiger partial charge in [0.15, 0.2) is 5.65 Å². The Hall–Kier alpha value is -4.00. The average Bonchev–Trinajstić information content (AvgIpc) is 3.24. The Morgan fingerprint density at radius 1 is 0.950 bits per heavy atom. The Bertz CT molecular complexity index is 1480. The summed E-state index contributed by atoms with van der Waals surface area (Å²) in [4.78, 5) is 35.1. The van der Waals surface area contributed by atoms with Gasteiger partial charge in [0.25, 0.3) is 0 Å². The lowest BCUT2D eigenvalue weighted by Crippen LogP contribution is -2.24. The van der Waals surface area contributed by atoms with Crippen molar-refractivity contribution in [1.29, 1.82) is 0 Å². The summed E-state index contributed by atoms with van der Waals surface area (Å²) in [6.07, 6.45) is 3.58. The Kier molecular flexibility index (Phi) is 9.03. The van der Waals surface area contributed by atoms with Crippen molar-refractivity contribution >= 4 is 28.9 Å². The third kappa shape index (κ3) is 6.95. The minimum absolute atomic E-state index is 0.0178. The number of hydrogen-bond acceptors (Lipinski definition) is 5. The van der Waals surface area contributed by atoms with Crippen molar-refractivity contribution in [2.45, 2.75) is 79.4 Å². The number of aryl methyl sites for hydroxylation is 1. The van der Waals surface area contributed by atoms with Crippen LogP contribution in [-0.2, 0) is 22.5 Å². The van der Waals surface area contributed by atoms with Crippen molar-refractivity contribution < 1.29 is 14.3 Å². The summed E-state index contributed by atoms with van der Waals surface area (Å²) in [5.41, 5.74) is 4.41. The first-order valence-corrected chi connectivity index (χ1v) is 14.2. The molecule has 7 nitrogen and oxygen atoms in total. The smallest absolute Gasteiger partial charge is 0.339 e. The molecule has 0 fully saturated rings. The topological polar surface area (TPSA) is 86.1 Å². The van der Waals surface area contributed by atoms with E-state index < -0.39 is 5.60 Å². The van der Waals surface area contributed by atoms with Crippen LogP contribution in [0.4, 0.5) is 5.82 Å². The van der Waals surface area contributed by atoms with E-state index in [1.165, 1.54) is 0 Å². The molecular formula is C33H40N4O3. The van der Waals surface area contributed by atoms with E-state index in [2.05, 4.69) is 35.9 Å². The van der Waals surface area contributed by atoms with Gasteiger partial charge in [-0.3, -0.25) is 4.79 Å². The number of esters is 1. The highest BCUT2D eigenvalue weighted by molar-refractivity contribution is 5.97. The highest BCUT2D eigenvalue weighted by Crippen LogP contribution is 2.27. The van der Waals surface area contributed by atoms with Gasteiger partial charge in [-0.05, 0) is 68.5 Å². The van der Waals surface area contributed by atoms with Crippen molar-refractivity contribution in [2.75, 3.05) is 5.32 Å². The highest BCUT2D eigenvalue weighted by Gasteiger charge is 2.21. The minimum atomic E-state index is -0.567. The first-order chi connectivity index (χ1) is 19.1. The number of nitrogens with zero attached hydrogens (tertiary/aromatic N) is 3. The van der Waals surface area contributed by atoms with Gasteiger partial charge < -0.3 is 14.6 Å². The van der Waals surface area contributed by atoms with E-state index >= 15 is 0 Å². The maximum absolute atomic E-state index is 12.9. The first-order valence-electron chi connectivity index (χ1n) is 14.2. The zero-order valence-corrected chi connectivity index (χ0v) is 24.5. The van der Waals surface area contributed by atoms with Crippen molar-refractivity contribution in [3.63, 3.8) is 0 Å². The maximum atomic E-state index is 12.9. The van der Waals surface area contributed by atoms with Crippen LogP contribution in [0.3, 0.4) is 0 Å². The largest absolute Gasteiger partial charge is 0.456 e. The zero-order chi connectivity index (χ0) is 28.9. The molecule has 0 bridgehead atoms. The quantitative estimate of drug-likeness (QED) is 0.211. The molecule has 7 heteroatoms. The summed E-state index contributed by atoms with van der Waals surface area (Å²) in [6, 6.07) is 19.5. The van der Waals surface area contributed by atoms with Crippen LogP contribution in [0.1, 0.15) is 82.6 Å². The lowest BCUT2D eigenvalue weighted by Gasteiger charge is -2.20. The van der Waals surface area contributed by atoms with Gasteiger partial charge in [-0.15, -0.1) is 0 Å². The Morgan fingerprint density at radius 3 is 2.35 bits per heavy atom. The second-order valence-corrected chi connectivity index (χ2v) is 11.3. The van der Waals surface area contributed by atoms with Gasteiger partial charge in [-0.2, -0.15) is 0 Å². The summed E-state index contributed by atoms with van der Waals surface area (Å²) in [7, 11) is 0. The zero-order valence-electron chi connectivity index (χ0n) is 24.5. The van der Waals surface area contributed by atoms with Gasteiger partial charge in [0.05, 0.1) is 12.1 Å². The number of carbonyl (C=O) groups excluding carboxylic acids is 2. The summed E-state index contributed by atoms with van der Waals surface area (Å²) in [5, 5.41) is 2.98. The maximum Gasteiger partial charge on any atom is 0.339 e. The molecule has 2 aromatic heterocycles. The third-order valence-corrected chi connectivity index (χ3v) is 6.72. The lowest BCUT2D eigenvalue weighted by atomic mass is 9.98. The molecule has 0 saturated heterocycles. The molecule has 1 amide bonds. The monoisotopic (exact) mass is 540 g/mol. The second kappa shape index (κ2) is 12.5. The summed E-state index contributed by atoms with van der Waals surface area (Å²) in [5.74, 6) is 1.09. The number of benzene rings is 2. The summed E-state index contributed by atoms with van der Waals surface area (Å²) < 4.78 is 7.77. The van der Waals surface area contributed by atoms with Crippen molar-refractivity contribution in [2.24, 2.45) is 5.92 Å². The number of imidazole rings is 1. The molecule has 2 heterocycles. The molecule has 0 spiro atoms. The van der Waals surface area contributed by atoms with E-state index in [4.69, 9.17) is 14.7 Å². The van der Waals surface area contributed by atoms with E-state index in [1.54, 1.807) is 6.07 Å². The average molecular weight is 541 g/mol. The standard InChI is InChI=1S/C33H40N4O3/c1-7-11-22(3)31(38)36-28-20-19-27-30(35-28)37(29(34-27)12-8-2)21-23-15-17-24(18-16-23)25-13-9-10-14-26(25)32(39)40-33(4,5)6/h9-10,13-20,22H,7-8,11-12,21H2,1-6H3,(H,35,36,38). The number of ether oxygens (including phenoxy) is 1. The van der Waals surface area contributed by atoms with Gasteiger partial charge in [-0.25, -0.2) is 14.8 Å². The lowest BCUT2D eigenvalue weighted by molar-refractivity contribution is -0.119. The molecule has 4 aromatic rings. The van der Waals surface area contributed by atoms with Gasteiger partial charge in [0.1, 0.15) is 22.8 Å².